The Hall–Kier alpha value is -2.12. The highest BCUT2D eigenvalue weighted by molar-refractivity contribution is 6.08. The van der Waals surface area contributed by atoms with Crippen LogP contribution in [0.1, 0.15) is 6.42 Å². The van der Waals surface area contributed by atoms with Gasteiger partial charge in [0.1, 0.15) is 13.1 Å². The van der Waals surface area contributed by atoms with Crippen molar-refractivity contribution in [2.75, 3.05) is 19.6 Å². The number of amides is 3. The molecule has 0 N–H and O–H groups in total. The first kappa shape index (κ1) is 16.7. The molecule has 0 aromatic carbocycles. The van der Waals surface area contributed by atoms with E-state index in [2.05, 4.69) is 6.58 Å². The van der Waals surface area contributed by atoms with Crippen LogP contribution in [-0.4, -0.2) is 53.3 Å². The maximum atomic E-state index is 12.6. The maximum Gasteiger partial charge on any atom is 0.406 e. The Labute approximate surface area is 136 Å². The highest BCUT2D eigenvalue weighted by atomic mass is 19.4. The van der Waals surface area contributed by atoms with Gasteiger partial charge in [0.15, 0.2) is 0 Å². The third-order valence-corrected chi connectivity index (χ3v) is 4.93. The van der Waals surface area contributed by atoms with Crippen molar-refractivity contribution in [1.82, 2.24) is 9.80 Å². The minimum absolute atomic E-state index is 0.00370. The summed E-state index contributed by atoms with van der Waals surface area (Å²) in [4.78, 5) is 38.4. The monoisotopic (exact) mass is 342 g/mol. The van der Waals surface area contributed by atoms with Gasteiger partial charge in [0.25, 0.3) is 0 Å². The van der Waals surface area contributed by atoms with Crippen LogP contribution in [0.2, 0.25) is 0 Å². The van der Waals surface area contributed by atoms with Crippen molar-refractivity contribution in [2.45, 2.75) is 12.6 Å². The minimum atomic E-state index is -4.56. The molecule has 2 bridgehead atoms. The Bertz CT molecular complexity index is 599. The first-order valence-corrected chi connectivity index (χ1v) is 7.72. The van der Waals surface area contributed by atoms with Gasteiger partial charge in [0.2, 0.25) is 17.7 Å². The van der Waals surface area contributed by atoms with Gasteiger partial charge in [-0.1, -0.05) is 18.2 Å². The predicted molar refractivity (Wildman–Crippen MR) is 77.3 cm³/mol. The van der Waals surface area contributed by atoms with Crippen LogP contribution in [0.5, 0.6) is 0 Å². The number of likely N-dealkylation sites (tertiary alicyclic amines) is 1. The first-order chi connectivity index (χ1) is 11.2. The van der Waals surface area contributed by atoms with Crippen molar-refractivity contribution in [3.05, 3.63) is 24.8 Å². The molecule has 2 aliphatic carbocycles. The molecular formula is C16H17F3N2O3. The van der Waals surface area contributed by atoms with E-state index < -0.39 is 48.8 Å². The summed E-state index contributed by atoms with van der Waals surface area (Å²) in [5.41, 5.74) is 0. The van der Waals surface area contributed by atoms with Gasteiger partial charge >= 0.3 is 6.18 Å². The predicted octanol–water partition coefficient (Wildman–Crippen LogP) is 1.37. The lowest BCUT2D eigenvalue weighted by molar-refractivity contribution is -0.162. The number of hydrogen-bond donors (Lipinski definition) is 0. The first-order valence-electron chi connectivity index (χ1n) is 7.72. The van der Waals surface area contributed by atoms with E-state index in [4.69, 9.17) is 0 Å². The second-order valence-corrected chi connectivity index (χ2v) is 6.44. The van der Waals surface area contributed by atoms with Crippen LogP contribution in [-0.2, 0) is 14.4 Å². The number of imide groups is 1. The van der Waals surface area contributed by atoms with Gasteiger partial charge in [-0.3, -0.25) is 19.3 Å². The van der Waals surface area contributed by atoms with E-state index in [-0.39, 0.29) is 18.4 Å². The quantitative estimate of drug-likeness (QED) is 0.560. The molecule has 0 spiro atoms. The van der Waals surface area contributed by atoms with Crippen molar-refractivity contribution in [3.8, 4) is 0 Å². The number of rotatable bonds is 5. The van der Waals surface area contributed by atoms with Crippen LogP contribution < -0.4 is 0 Å². The summed E-state index contributed by atoms with van der Waals surface area (Å²) in [5, 5.41) is 0. The van der Waals surface area contributed by atoms with Gasteiger partial charge in [-0.05, 0) is 18.3 Å². The summed E-state index contributed by atoms with van der Waals surface area (Å²) < 4.78 is 37.7. The largest absolute Gasteiger partial charge is 0.406 e. The van der Waals surface area contributed by atoms with Crippen LogP contribution in [0.15, 0.2) is 24.8 Å². The van der Waals surface area contributed by atoms with Gasteiger partial charge in [-0.2, -0.15) is 13.2 Å². The molecule has 1 heterocycles. The van der Waals surface area contributed by atoms with E-state index in [9.17, 15) is 27.6 Å². The number of halogens is 3. The Kier molecular flexibility index (Phi) is 4.01. The fraction of sp³-hybridized carbons (Fsp3) is 0.562. The lowest BCUT2D eigenvalue weighted by Crippen LogP contribution is -2.46. The topological polar surface area (TPSA) is 57.7 Å². The van der Waals surface area contributed by atoms with Gasteiger partial charge in [0, 0.05) is 6.54 Å². The normalized spacial score (nSPS) is 30.9. The zero-order chi connectivity index (χ0) is 17.6. The van der Waals surface area contributed by atoms with E-state index >= 15 is 0 Å². The smallest absolute Gasteiger partial charge is 0.328 e. The second-order valence-electron chi connectivity index (χ2n) is 6.44. The molecule has 1 saturated carbocycles. The number of nitrogens with zero attached hydrogens (tertiary/aromatic N) is 2. The molecule has 3 amide bonds. The minimum Gasteiger partial charge on any atom is -0.328 e. The van der Waals surface area contributed by atoms with Crippen molar-refractivity contribution in [2.24, 2.45) is 23.7 Å². The molecule has 130 valence electrons. The summed E-state index contributed by atoms with van der Waals surface area (Å²) in [5.74, 6) is -2.73. The number of fused-ring (bicyclic) bond motifs is 5. The average Bonchev–Trinajstić information content (AvgIpc) is 3.15. The van der Waals surface area contributed by atoms with Gasteiger partial charge in [-0.25, -0.2) is 0 Å². The lowest BCUT2D eigenvalue weighted by atomic mass is 9.85. The second kappa shape index (κ2) is 5.75. The molecule has 3 rings (SSSR count). The number of allylic oxidation sites excluding steroid dienone is 2. The van der Waals surface area contributed by atoms with E-state index in [1.54, 1.807) is 0 Å². The van der Waals surface area contributed by atoms with Crippen LogP contribution >= 0.6 is 0 Å². The zero-order valence-electron chi connectivity index (χ0n) is 12.8. The molecule has 0 aromatic rings. The van der Waals surface area contributed by atoms with E-state index in [0.29, 0.717) is 4.90 Å². The molecular weight excluding hydrogens is 325 g/mol. The Balaban J connectivity index is 1.71. The summed E-state index contributed by atoms with van der Waals surface area (Å²) in [7, 11) is 0. The third kappa shape index (κ3) is 2.74. The molecule has 1 saturated heterocycles. The van der Waals surface area contributed by atoms with Crippen LogP contribution in [0.25, 0.3) is 0 Å². The van der Waals surface area contributed by atoms with Crippen molar-refractivity contribution in [1.29, 1.82) is 0 Å². The molecule has 5 nitrogen and oxygen atoms in total. The summed E-state index contributed by atoms with van der Waals surface area (Å²) >= 11 is 0. The van der Waals surface area contributed by atoms with Gasteiger partial charge in [-0.15, -0.1) is 6.58 Å². The Morgan fingerprint density at radius 3 is 2.25 bits per heavy atom. The van der Waals surface area contributed by atoms with Gasteiger partial charge < -0.3 is 4.90 Å². The van der Waals surface area contributed by atoms with Gasteiger partial charge in [0.05, 0.1) is 11.8 Å². The van der Waals surface area contributed by atoms with Crippen molar-refractivity contribution in [3.63, 3.8) is 0 Å². The highest BCUT2D eigenvalue weighted by Gasteiger charge is 2.59. The number of alkyl halides is 3. The Morgan fingerprint density at radius 1 is 1.25 bits per heavy atom. The molecule has 4 atom stereocenters. The molecule has 24 heavy (non-hydrogen) atoms. The fourth-order valence-electron chi connectivity index (χ4n) is 3.98. The molecule has 4 unspecified atom stereocenters. The molecule has 8 heteroatoms. The van der Waals surface area contributed by atoms with E-state index in [0.717, 1.165) is 11.3 Å². The lowest BCUT2D eigenvalue weighted by Gasteiger charge is -2.25. The molecule has 2 fully saturated rings. The van der Waals surface area contributed by atoms with Crippen LogP contribution in [0.3, 0.4) is 0 Å². The van der Waals surface area contributed by atoms with Crippen LogP contribution in [0, 0.1) is 23.7 Å². The fourth-order valence-corrected chi connectivity index (χ4v) is 3.98. The average molecular weight is 342 g/mol. The zero-order valence-corrected chi connectivity index (χ0v) is 12.8. The molecule has 0 radical (unpaired) electrons. The number of carbonyl (C=O) groups excluding carboxylic acids is 3. The summed E-state index contributed by atoms with van der Waals surface area (Å²) in [6, 6.07) is 0. The summed E-state index contributed by atoms with van der Waals surface area (Å²) in [6.45, 7) is 0.953. The molecule has 0 aromatic heterocycles. The SMILES string of the molecule is C=CCN(CC(F)(F)F)C(=O)CN1C(=O)C2C3C=CC(C3)C2C1=O. The maximum absolute atomic E-state index is 12.6. The molecule has 3 aliphatic rings. The van der Waals surface area contributed by atoms with Crippen LogP contribution in [0.4, 0.5) is 13.2 Å². The van der Waals surface area contributed by atoms with Crippen molar-refractivity contribution >= 4 is 17.7 Å². The number of hydrogen-bond acceptors (Lipinski definition) is 3. The number of carbonyl (C=O) groups is 3. The van der Waals surface area contributed by atoms with E-state index in [1.807, 2.05) is 12.2 Å². The Morgan fingerprint density at radius 2 is 1.79 bits per heavy atom. The molecule has 1 aliphatic heterocycles. The highest BCUT2D eigenvalue weighted by Crippen LogP contribution is 2.52. The standard InChI is InChI=1S/C16H17F3N2O3/c1-2-5-20(8-16(17,18)19)11(22)7-21-14(23)12-9-3-4-10(6-9)13(12)15(21)24/h2-4,9-10,12-13H,1,5-8H2. The van der Waals surface area contributed by atoms with Crippen molar-refractivity contribution < 1.29 is 27.6 Å². The summed E-state index contributed by atoms with van der Waals surface area (Å²) in [6.07, 6.45) is 1.20. The third-order valence-electron chi connectivity index (χ3n) is 4.93. The van der Waals surface area contributed by atoms with E-state index in [1.165, 1.54) is 6.08 Å².